The standard InChI is InChI=1S/C35H49N3O9/c1-9-22(5)31(47-29(41)10-2)32(42)36-30(21(3)4)34(44)37(6)27(19-23-11-15-25(39)16-12-23)33(43)38(7)28(35(45)46-8)20-24-13-17-26(40)18-14-24/h11-18,21-22,27-28,30-31,39-40H,9-10,19-20H2,1-8H3,(H,36,42)/t22-,27-,28-,30+,31+/m0/s1. The van der Waals surface area contributed by atoms with Crippen LogP contribution in [0.4, 0.5) is 0 Å². The Labute approximate surface area is 277 Å². The third-order valence-corrected chi connectivity index (χ3v) is 8.32. The summed E-state index contributed by atoms with van der Waals surface area (Å²) in [4.78, 5) is 69.4. The van der Waals surface area contributed by atoms with Gasteiger partial charge in [0.1, 0.15) is 29.6 Å². The minimum atomic E-state index is -1.13. The van der Waals surface area contributed by atoms with Crippen LogP contribution in [0.2, 0.25) is 0 Å². The molecule has 0 fully saturated rings. The van der Waals surface area contributed by atoms with Gasteiger partial charge in [0.15, 0.2) is 6.10 Å². The zero-order chi connectivity index (χ0) is 35.4. The second-order valence-corrected chi connectivity index (χ2v) is 12.1. The maximum Gasteiger partial charge on any atom is 0.328 e. The van der Waals surface area contributed by atoms with Crippen molar-refractivity contribution >= 4 is 29.7 Å². The van der Waals surface area contributed by atoms with Crippen LogP contribution in [0.1, 0.15) is 58.6 Å². The van der Waals surface area contributed by atoms with Crippen molar-refractivity contribution in [2.75, 3.05) is 21.2 Å². The molecule has 0 spiro atoms. The molecule has 3 amide bonds. The van der Waals surface area contributed by atoms with Gasteiger partial charge in [0, 0.05) is 39.3 Å². The predicted molar refractivity (Wildman–Crippen MR) is 175 cm³/mol. The lowest BCUT2D eigenvalue weighted by Gasteiger charge is -2.36. The van der Waals surface area contributed by atoms with Crippen LogP contribution in [0, 0.1) is 11.8 Å². The minimum absolute atomic E-state index is 0.0278. The molecule has 12 nitrogen and oxygen atoms in total. The van der Waals surface area contributed by atoms with Crippen LogP contribution < -0.4 is 5.32 Å². The maximum absolute atomic E-state index is 14.3. The molecule has 0 heterocycles. The van der Waals surface area contributed by atoms with Gasteiger partial charge in [-0.1, -0.05) is 58.9 Å². The summed E-state index contributed by atoms with van der Waals surface area (Å²) in [5.41, 5.74) is 1.30. The van der Waals surface area contributed by atoms with E-state index in [0.717, 1.165) is 0 Å². The van der Waals surface area contributed by atoms with Gasteiger partial charge >= 0.3 is 11.9 Å². The minimum Gasteiger partial charge on any atom is -0.508 e. The first-order valence-corrected chi connectivity index (χ1v) is 15.8. The van der Waals surface area contributed by atoms with Gasteiger partial charge in [-0.15, -0.1) is 0 Å². The summed E-state index contributed by atoms with van der Waals surface area (Å²) in [6, 6.07) is 9.13. The average molecular weight is 656 g/mol. The second kappa shape index (κ2) is 17.9. The number of amides is 3. The van der Waals surface area contributed by atoms with Crippen LogP contribution in [-0.2, 0) is 46.3 Å². The van der Waals surface area contributed by atoms with E-state index in [1.807, 2.05) is 6.92 Å². The lowest BCUT2D eigenvalue weighted by atomic mass is 9.96. The van der Waals surface area contributed by atoms with Gasteiger partial charge in [-0.05, 0) is 47.7 Å². The zero-order valence-electron chi connectivity index (χ0n) is 28.6. The third kappa shape index (κ3) is 10.7. The van der Waals surface area contributed by atoms with Crippen LogP contribution in [0.25, 0.3) is 0 Å². The molecule has 12 heteroatoms. The molecule has 47 heavy (non-hydrogen) atoms. The van der Waals surface area contributed by atoms with Crippen molar-refractivity contribution in [2.24, 2.45) is 11.8 Å². The fourth-order valence-corrected chi connectivity index (χ4v) is 4.99. The molecule has 0 aromatic heterocycles. The number of ether oxygens (including phenoxy) is 2. The van der Waals surface area contributed by atoms with E-state index >= 15 is 0 Å². The molecule has 2 aromatic rings. The summed E-state index contributed by atoms with van der Waals surface area (Å²) in [6.07, 6.45) is -0.356. The number of carbonyl (C=O) groups is 5. The van der Waals surface area contributed by atoms with Gasteiger partial charge in [-0.2, -0.15) is 0 Å². The Bertz CT molecular complexity index is 1360. The first kappa shape index (κ1) is 38.6. The topological polar surface area (TPSA) is 163 Å². The number of likely N-dealkylation sites (N-methyl/N-ethyl adjacent to an activating group) is 2. The van der Waals surface area contributed by atoms with Gasteiger partial charge in [-0.3, -0.25) is 19.2 Å². The average Bonchev–Trinajstić information content (AvgIpc) is 3.06. The molecule has 0 aliphatic carbocycles. The number of rotatable bonds is 16. The Kier molecular flexibility index (Phi) is 14.7. The molecular formula is C35H49N3O9. The van der Waals surface area contributed by atoms with Gasteiger partial charge in [0.25, 0.3) is 5.91 Å². The lowest BCUT2D eigenvalue weighted by Crippen LogP contribution is -2.59. The maximum atomic E-state index is 14.3. The summed E-state index contributed by atoms with van der Waals surface area (Å²) >= 11 is 0. The highest BCUT2D eigenvalue weighted by molar-refractivity contribution is 5.94. The molecule has 5 atom stereocenters. The third-order valence-electron chi connectivity index (χ3n) is 8.32. The summed E-state index contributed by atoms with van der Waals surface area (Å²) < 4.78 is 10.5. The largest absolute Gasteiger partial charge is 0.508 e. The molecule has 0 bridgehead atoms. The SMILES string of the molecule is CCC(=O)O[C@@H](C(=O)N[C@@H](C(=O)N(C)[C@@H](Cc1ccc(O)cc1)C(=O)N(C)[C@@H](Cc1ccc(O)cc1)C(=O)OC)C(C)C)[C@@H](C)CC. The van der Waals surface area contributed by atoms with Crippen LogP contribution in [0.5, 0.6) is 11.5 Å². The monoisotopic (exact) mass is 655 g/mol. The van der Waals surface area contributed by atoms with Crippen LogP contribution in [0.15, 0.2) is 48.5 Å². The normalized spacial score (nSPS) is 14.2. The van der Waals surface area contributed by atoms with E-state index in [1.54, 1.807) is 52.0 Å². The van der Waals surface area contributed by atoms with Crippen molar-refractivity contribution in [3.8, 4) is 11.5 Å². The smallest absolute Gasteiger partial charge is 0.328 e. The quantitative estimate of drug-likeness (QED) is 0.231. The number of nitrogens with zero attached hydrogens (tertiary/aromatic N) is 2. The van der Waals surface area contributed by atoms with Crippen molar-refractivity contribution in [3.05, 3.63) is 59.7 Å². The van der Waals surface area contributed by atoms with Crippen molar-refractivity contribution in [3.63, 3.8) is 0 Å². The molecule has 0 unspecified atom stereocenters. The fourth-order valence-electron chi connectivity index (χ4n) is 4.99. The highest BCUT2D eigenvalue weighted by atomic mass is 16.5. The Hall–Kier alpha value is -4.61. The fraction of sp³-hybridized carbons (Fsp3) is 0.514. The second-order valence-electron chi connectivity index (χ2n) is 12.1. The number of hydrogen-bond acceptors (Lipinski definition) is 9. The predicted octanol–water partition coefficient (Wildman–Crippen LogP) is 3.22. The molecule has 3 N–H and O–H groups in total. The summed E-state index contributed by atoms with van der Waals surface area (Å²) in [6.45, 7) is 8.77. The van der Waals surface area contributed by atoms with E-state index in [9.17, 15) is 34.2 Å². The molecule has 258 valence electrons. The number of esters is 2. The molecule has 2 aromatic carbocycles. The molecule has 0 saturated heterocycles. The summed E-state index contributed by atoms with van der Waals surface area (Å²) in [5, 5.41) is 22.3. The van der Waals surface area contributed by atoms with Crippen molar-refractivity contribution in [1.82, 2.24) is 15.1 Å². The number of nitrogens with one attached hydrogen (secondary N) is 1. The van der Waals surface area contributed by atoms with Crippen molar-refractivity contribution < 1.29 is 43.7 Å². The molecule has 2 rings (SSSR count). The number of phenolic OH excluding ortho intramolecular Hbond substituents is 2. The number of phenols is 2. The van der Waals surface area contributed by atoms with E-state index in [1.165, 1.54) is 55.3 Å². The molecule has 0 saturated carbocycles. The number of hydrogen-bond donors (Lipinski definition) is 3. The van der Waals surface area contributed by atoms with Crippen LogP contribution in [0.3, 0.4) is 0 Å². The van der Waals surface area contributed by atoms with E-state index in [2.05, 4.69) is 5.32 Å². The van der Waals surface area contributed by atoms with Crippen molar-refractivity contribution in [1.29, 1.82) is 0 Å². The summed E-state index contributed by atoms with van der Waals surface area (Å²) in [5.74, 6) is -3.59. The number of aromatic hydroxyl groups is 2. The van der Waals surface area contributed by atoms with Crippen LogP contribution >= 0.6 is 0 Å². The Morgan fingerprint density at radius 2 is 1.23 bits per heavy atom. The Morgan fingerprint density at radius 1 is 0.766 bits per heavy atom. The van der Waals surface area contributed by atoms with E-state index < -0.39 is 59.8 Å². The zero-order valence-corrected chi connectivity index (χ0v) is 28.6. The van der Waals surface area contributed by atoms with E-state index in [4.69, 9.17) is 9.47 Å². The van der Waals surface area contributed by atoms with E-state index in [0.29, 0.717) is 17.5 Å². The Balaban J connectivity index is 2.48. The molecule has 0 aliphatic heterocycles. The van der Waals surface area contributed by atoms with Gasteiger partial charge < -0.3 is 34.8 Å². The highest BCUT2D eigenvalue weighted by Crippen LogP contribution is 2.21. The highest BCUT2D eigenvalue weighted by Gasteiger charge is 2.39. The lowest BCUT2D eigenvalue weighted by molar-refractivity contribution is -0.160. The van der Waals surface area contributed by atoms with Gasteiger partial charge in [-0.25, -0.2) is 4.79 Å². The number of methoxy groups -OCH3 is 1. The Morgan fingerprint density at radius 3 is 1.66 bits per heavy atom. The van der Waals surface area contributed by atoms with Gasteiger partial charge in [0.05, 0.1) is 7.11 Å². The number of benzene rings is 2. The first-order chi connectivity index (χ1) is 22.1. The van der Waals surface area contributed by atoms with Gasteiger partial charge in [0.2, 0.25) is 11.8 Å². The molecular weight excluding hydrogens is 606 g/mol. The number of carbonyl (C=O) groups excluding carboxylic acids is 5. The molecule has 0 radical (unpaired) electrons. The first-order valence-electron chi connectivity index (χ1n) is 15.8. The van der Waals surface area contributed by atoms with Crippen LogP contribution in [-0.4, -0.2) is 95.1 Å². The van der Waals surface area contributed by atoms with E-state index in [-0.39, 0.29) is 36.7 Å². The summed E-state index contributed by atoms with van der Waals surface area (Å²) in [7, 11) is 4.12. The molecule has 0 aliphatic rings. The van der Waals surface area contributed by atoms with Crippen molar-refractivity contribution in [2.45, 2.75) is 84.5 Å².